The van der Waals surface area contributed by atoms with Crippen LogP contribution in [0, 0.1) is 0 Å². The van der Waals surface area contributed by atoms with Gasteiger partial charge in [0.1, 0.15) is 5.76 Å². The summed E-state index contributed by atoms with van der Waals surface area (Å²) in [5, 5.41) is 16.9. The summed E-state index contributed by atoms with van der Waals surface area (Å²) in [7, 11) is 0. The maximum atomic E-state index is 10.4. The van der Waals surface area contributed by atoms with Crippen molar-refractivity contribution in [2.45, 2.75) is 46.5 Å². The van der Waals surface area contributed by atoms with Gasteiger partial charge in [-0.25, -0.2) is 9.59 Å². The van der Waals surface area contributed by atoms with E-state index in [1.807, 2.05) is 6.07 Å². The van der Waals surface area contributed by atoms with Crippen LogP contribution in [0.3, 0.4) is 0 Å². The van der Waals surface area contributed by atoms with Gasteiger partial charge in [0.2, 0.25) is 0 Å². The van der Waals surface area contributed by atoms with E-state index in [-0.39, 0.29) is 0 Å². The summed E-state index contributed by atoms with van der Waals surface area (Å²) in [5.74, 6) is -0.923. The minimum absolute atomic E-state index is 0.339. The fourth-order valence-corrected chi connectivity index (χ4v) is 1.38. The lowest BCUT2D eigenvalue weighted by atomic mass is 10.2. The maximum Gasteiger partial charge on any atom is 0.330 e. The number of hydrogen-bond donors (Lipinski definition) is 2. The number of unbranched alkanes of at least 4 members (excludes halogenated alkanes) is 2. The van der Waals surface area contributed by atoms with Crippen molar-refractivity contribution in [3.63, 3.8) is 0 Å². The third kappa shape index (κ3) is 9.58. The zero-order valence-electron chi connectivity index (χ0n) is 13.3. The molecule has 0 amide bonds. The van der Waals surface area contributed by atoms with E-state index in [0.29, 0.717) is 17.6 Å². The van der Waals surface area contributed by atoms with Gasteiger partial charge in [0.25, 0.3) is 0 Å². The molecule has 2 N–H and O–H groups in total. The second-order valence-corrected chi connectivity index (χ2v) is 4.81. The number of aliphatic carboxylic acids is 2. The predicted molar refractivity (Wildman–Crippen MR) is 84.7 cm³/mol. The van der Waals surface area contributed by atoms with Gasteiger partial charge in [-0.05, 0) is 32.4 Å². The standard InChI is InChI=1S/C9H10O3.C8H14O2/c1-7(9(10)11)4-5-8-3-2-6-12-8;1-3-4-5-6-7(2)8(9)10/h2-4,6H,5H2,1H3,(H,10,11);6H,3-5H2,1-2H3,(H,9,10)/b7-4+;7-6+. The first kappa shape index (κ1) is 19.7. The Bertz CT molecular complexity index is 509. The van der Waals surface area contributed by atoms with E-state index in [1.165, 1.54) is 0 Å². The molecule has 0 radical (unpaired) electrons. The van der Waals surface area contributed by atoms with Gasteiger partial charge in [0.05, 0.1) is 6.26 Å². The Morgan fingerprint density at radius 2 is 1.73 bits per heavy atom. The molecule has 0 saturated heterocycles. The number of carboxylic acid groups (broad SMARTS) is 2. The van der Waals surface area contributed by atoms with Crippen molar-refractivity contribution < 1.29 is 24.2 Å². The van der Waals surface area contributed by atoms with Crippen molar-refractivity contribution in [3.8, 4) is 0 Å². The van der Waals surface area contributed by atoms with Crippen molar-refractivity contribution in [1.29, 1.82) is 0 Å². The second-order valence-electron chi connectivity index (χ2n) is 4.81. The Hall–Kier alpha value is -2.30. The first-order valence-electron chi connectivity index (χ1n) is 7.21. The molecule has 0 aliphatic rings. The highest BCUT2D eigenvalue weighted by atomic mass is 16.4. The van der Waals surface area contributed by atoms with Crippen LogP contribution in [-0.2, 0) is 16.0 Å². The summed E-state index contributed by atoms with van der Waals surface area (Å²) in [6.07, 6.45) is 8.57. The molecule has 0 atom stereocenters. The minimum atomic E-state index is -0.887. The molecule has 1 rings (SSSR count). The van der Waals surface area contributed by atoms with Gasteiger partial charge in [0, 0.05) is 17.6 Å². The van der Waals surface area contributed by atoms with Crippen LogP contribution in [0.2, 0.25) is 0 Å². The van der Waals surface area contributed by atoms with Crippen LogP contribution in [0.4, 0.5) is 0 Å². The lowest BCUT2D eigenvalue weighted by molar-refractivity contribution is -0.133. The van der Waals surface area contributed by atoms with Crippen LogP contribution in [0.1, 0.15) is 45.8 Å². The third-order valence-electron chi connectivity index (χ3n) is 2.87. The molecule has 1 heterocycles. The second kappa shape index (κ2) is 11.4. The van der Waals surface area contributed by atoms with Crippen molar-refractivity contribution in [2.75, 3.05) is 0 Å². The Kier molecular flexibility index (Phi) is 10.2. The molecular formula is C17H24O5. The number of allylic oxidation sites excluding steroid dienone is 2. The smallest absolute Gasteiger partial charge is 0.330 e. The van der Waals surface area contributed by atoms with Crippen molar-refractivity contribution in [2.24, 2.45) is 0 Å². The molecule has 0 spiro atoms. The Morgan fingerprint density at radius 3 is 2.18 bits per heavy atom. The molecule has 122 valence electrons. The van der Waals surface area contributed by atoms with Gasteiger partial charge in [-0.2, -0.15) is 0 Å². The third-order valence-corrected chi connectivity index (χ3v) is 2.87. The minimum Gasteiger partial charge on any atom is -0.478 e. The number of rotatable bonds is 7. The molecule has 1 aromatic rings. The summed E-state index contributed by atoms with van der Waals surface area (Å²) in [6, 6.07) is 3.59. The molecular weight excluding hydrogens is 284 g/mol. The Labute approximate surface area is 131 Å². The van der Waals surface area contributed by atoms with E-state index in [2.05, 4.69) is 6.92 Å². The summed E-state index contributed by atoms with van der Waals surface area (Å²) in [6.45, 7) is 5.27. The lowest BCUT2D eigenvalue weighted by Gasteiger charge is -1.91. The average molecular weight is 308 g/mol. The van der Waals surface area contributed by atoms with E-state index < -0.39 is 11.9 Å². The molecule has 0 aliphatic heterocycles. The highest BCUT2D eigenvalue weighted by Crippen LogP contribution is 2.03. The molecule has 0 unspecified atom stereocenters. The maximum absolute atomic E-state index is 10.4. The van der Waals surface area contributed by atoms with E-state index >= 15 is 0 Å². The zero-order valence-corrected chi connectivity index (χ0v) is 13.3. The van der Waals surface area contributed by atoms with Crippen LogP contribution in [0.5, 0.6) is 0 Å². The number of hydrogen-bond acceptors (Lipinski definition) is 3. The predicted octanol–water partition coefficient (Wildman–Crippen LogP) is 4.06. The molecule has 0 aliphatic carbocycles. The van der Waals surface area contributed by atoms with Crippen LogP contribution < -0.4 is 0 Å². The summed E-state index contributed by atoms with van der Waals surface area (Å²) >= 11 is 0. The van der Waals surface area contributed by atoms with Crippen LogP contribution >= 0.6 is 0 Å². The van der Waals surface area contributed by atoms with Gasteiger partial charge >= 0.3 is 11.9 Å². The molecule has 22 heavy (non-hydrogen) atoms. The van der Waals surface area contributed by atoms with Crippen LogP contribution in [-0.4, -0.2) is 22.2 Å². The Morgan fingerprint density at radius 1 is 1.14 bits per heavy atom. The molecule has 5 nitrogen and oxygen atoms in total. The largest absolute Gasteiger partial charge is 0.478 e. The molecule has 0 fully saturated rings. The van der Waals surface area contributed by atoms with E-state index in [1.54, 1.807) is 38.3 Å². The first-order valence-corrected chi connectivity index (χ1v) is 7.21. The van der Waals surface area contributed by atoms with Crippen molar-refractivity contribution in [3.05, 3.63) is 47.5 Å². The van der Waals surface area contributed by atoms with Crippen LogP contribution in [0.15, 0.2) is 46.1 Å². The fourth-order valence-electron chi connectivity index (χ4n) is 1.38. The SMILES string of the molecule is C/C(=C\Cc1ccco1)C(=O)O.CCCC/C=C(\C)C(=O)O. The number of carbonyl (C=O) groups is 2. The quantitative estimate of drug-likeness (QED) is 0.586. The van der Waals surface area contributed by atoms with Gasteiger partial charge in [-0.3, -0.25) is 0 Å². The zero-order chi connectivity index (χ0) is 17.0. The normalized spacial score (nSPS) is 11.6. The molecule has 1 aromatic heterocycles. The average Bonchev–Trinajstić information content (AvgIpc) is 2.98. The molecule has 0 saturated carbocycles. The van der Waals surface area contributed by atoms with Gasteiger partial charge in [0.15, 0.2) is 0 Å². The lowest BCUT2D eigenvalue weighted by Crippen LogP contribution is -1.96. The highest BCUT2D eigenvalue weighted by molar-refractivity contribution is 5.86. The summed E-state index contributed by atoms with van der Waals surface area (Å²) < 4.78 is 5.03. The summed E-state index contributed by atoms with van der Waals surface area (Å²) in [4.78, 5) is 20.6. The molecule has 5 heteroatoms. The van der Waals surface area contributed by atoms with Crippen molar-refractivity contribution in [1.82, 2.24) is 0 Å². The van der Waals surface area contributed by atoms with Crippen molar-refractivity contribution >= 4 is 11.9 Å². The number of furan rings is 1. The van der Waals surface area contributed by atoms with E-state index in [0.717, 1.165) is 25.0 Å². The van der Waals surface area contributed by atoms with Crippen LogP contribution in [0.25, 0.3) is 0 Å². The van der Waals surface area contributed by atoms with E-state index in [9.17, 15) is 9.59 Å². The summed E-state index contributed by atoms with van der Waals surface area (Å²) in [5.41, 5.74) is 0.792. The first-order chi connectivity index (χ1) is 10.4. The molecule has 0 aromatic carbocycles. The monoisotopic (exact) mass is 308 g/mol. The van der Waals surface area contributed by atoms with Gasteiger partial charge in [-0.15, -0.1) is 0 Å². The van der Waals surface area contributed by atoms with Gasteiger partial charge < -0.3 is 14.6 Å². The van der Waals surface area contributed by atoms with Gasteiger partial charge in [-0.1, -0.05) is 31.9 Å². The van der Waals surface area contributed by atoms with E-state index in [4.69, 9.17) is 14.6 Å². The molecule has 0 bridgehead atoms. The fraction of sp³-hybridized carbons (Fsp3) is 0.412. The number of carboxylic acids is 2. The Balaban J connectivity index is 0.000000409. The highest BCUT2D eigenvalue weighted by Gasteiger charge is 1.99. The topological polar surface area (TPSA) is 87.7 Å².